The topological polar surface area (TPSA) is 74.4 Å². The number of hydrogen-bond donors (Lipinski definition) is 3. The van der Waals surface area contributed by atoms with Crippen molar-refractivity contribution in [3.05, 3.63) is 23.9 Å². The summed E-state index contributed by atoms with van der Waals surface area (Å²) < 4.78 is 0. The molecular formula is C12H20N4O. The van der Waals surface area contributed by atoms with E-state index < -0.39 is 0 Å². The summed E-state index contributed by atoms with van der Waals surface area (Å²) in [5.74, 6) is 5.94. The van der Waals surface area contributed by atoms with Gasteiger partial charge >= 0.3 is 0 Å². The van der Waals surface area contributed by atoms with Gasteiger partial charge in [0.2, 0.25) is 0 Å². The fraction of sp³-hybridized carbons (Fsp3) is 0.583. The van der Waals surface area contributed by atoms with E-state index in [0.717, 1.165) is 18.7 Å². The average molecular weight is 236 g/mol. The summed E-state index contributed by atoms with van der Waals surface area (Å²) in [5.41, 5.74) is 3.67. The molecule has 1 aliphatic carbocycles. The number of pyridine rings is 1. The Morgan fingerprint density at radius 1 is 1.47 bits per heavy atom. The molecular weight excluding hydrogens is 216 g/mol. The molecule has 1 aromatic heterocycles. The standard InChI is InChI=1S/C12H20N4O/c13-15-12-5-4-10(8-14-12)9-16(6-7-17)11-2-1-3-11/h4-5,8,11,17H,1-3,6-7,9,13H2,(H,14,15). The van der Waals surface area contributed by atoms with Crippen molar-refractivity contribution in [1.82, 2.24) is 9.88 Å². The Morgan fingerprint density at radius 2 is 2.29 bits per heavy atom. The van der Waals surface area contributed by atoms with Crippen LogP contribution in [0.2, 0.25) is 0 Å². The lowest BCUT2D eigenvalue weighted by molar-refractivity contribution is 0.0945. The van der Waals surface area contributed by atoms with E-state index >= 15 is 0 Å². The van der Waals surface area contributed by atoms with Crippen molar-refractivity contribution in [1.29, 1.82) is 0 Å². The zero-order valence-electron chi connectivity index (χ0n) is 9.97. The molecule has 1 heterocycles. The number of nitrogens with zero attached hydrogens (tertiary/aromatic N) is 2. The van der Waals surface area contributed by atoms with Crippen molar-refractivity contribution in [2.24, 2.45) is 5.84 Å². The van der Waals surface area contributed by atoms with E-state index in [1.807, 2.05) is 18.3 Å². The number of aliphatic hydroxyl groups is 1. The van der Waals surface area contributed by atoms with Crippen LogP contribution in [0.15, 0.2) is 18.3 Å². The summed E-state index contributed by atoms with van der Waals surface area (Å²) in [7, 11) is 0. The maximum Gasteiger partial charge on any atom is 0.139 e. The lowest BCUT2D eigenvalue weighted by Gasteiger charge is -2.37. The molecule has 0 unspecified atom stereocenters. The van der Waals surface area contributed by atoms with Gasteiger partial charge in [-0.05, 0) is 24.5 Å². The summed E-state index contributed by atoms with van der Waals surface area (Å²) in [6, 6.07) is 4.52. The summed E-state index contributed by atoms with van der Waals surface area (Å²) >= 11 is 0. The monoisotopic (exact) mass is 236 g/mol. The average Bonchev–Trinajstić information content (AvgIpc) is 2.28. The van der Waals surface area contributed by atoms with Crippen molar-refractivity contribution in [3.63, 3.8) is 0 Å². The Kier molecular flexibility index (Phi) is 4.30. The molecule has 1 aromatic rings. The van der Waals surface area contributed by atoms with Gasteiger partial charge in [-0.3, -0.25) is 4.90 Å². The van der Waals surface area contributed by atoms with E-state index in [1.54, 1.807) is 0 Å². The first kappa shape index (κ1) is 12.3. The molecule has 94 valence electrons. The maximum absolute atomic E-state index is 9.08. The van der Waals surface area contributed by atoms with Crippen LogP contribution in [0.25, 0.3) is 0 Å². The van der Waals surface area contributed by atoms with Gasteiger partial charge in [-0.2, -0.15) is 0 Å². The predicted octanol–water partition coefficient (Wildman–Crippen LogP) is 0.714. The second kappa shape index (κ2) is 5.95. The number of hydrogen-bond acceptors (Lipinski definition) is 5. The summed E-state index contributed by atoms with van der Waals surface area (Å²) in [5, 5.41) is 9.08. The first-order valence-corrected chi connectivity index (χ1v) is 6.10. The predicted molar refractivity (Wildman–Crippen MR) is 67.2 cm³/mol. The first-order chi connectivity index (χ1) is 8.33. The van der Waals surface area contributed by atoms with Crippen LogP contribution in [0.1, 0.15) is 24.8 Å². The van der Waals surface area contributed by atoms with Gasteiger partial charge in [-0.25, -0.2) is 10.8 Å². The number of hydrazine groups is 1. The number of anilines is 1. The van der Waals surface area contributed by atoms with E-state index in [-0.39, 0.29) is 6.61 Å². The SMILES string of the molecule is NNc1ccc(CN(CCO)C2CCC2)cn1. The van der Waals surface area contributed by atoms with Gasteiger partial charge < -0.3 is 10.5 Å². The quantitative estimate of drug-likeness (QED) is 0.501. The number of rotatable bonds is 6. The van der Waals surface area contributed by atoms with Gasteiger partial charge in [0, 0.05) is 25.3 Å². The molecule has 1 saturated carbocycles. The van der Waals surface area contributed by atoms with E-state index in [2.05, 4.69) is 15.3 Å². The molecule has 5 heteroatoms. The molecule has 0 saturated heterocycles. The van der Waals surface area contributed by atoms with Crippen LogP contribution in [-0.4, -0.2) is 34.2 Å². The molecule has 0 spiro atoms. The molecule has 0 aliphatic heterocycles. The van der Waals surface area contributed by atoms with Crippen molar-refractivity contribution >= 4 is 5.82 Å². The van der Waals surface area contributed by atoms with Gasteiger partial charge in [-0.1, -0.05) is 12.5 Å². The van der Waals surface area contributed by atoms with Crippen LogP contribution >= 0.6 is 0 Å². The molecule has 0 amide bonds. The second-order valence-corrected chi connectivity index (χ2v) is 4.47. The van der Waals surface area contributed by atoms with Gasteiger partial charge in [0.15, 0.2) is 0 Å². The third-order valence-corrected chi connectivity index (χ3v) is 3.34. The second-order valence-electron chi connectivity index (χ2n) is 4.47. The highest BCUT2D eigenvalue weighted by Gasteiger charge is 2.24. The fourth-order valence-corrected chi connectivity index (χ4v) is 2.11. The Hall–Kier alpha value is -1.17. The number of nitrogen functional groups attached to an aromatic ring is 1. The lowest BCUT2D eigenvalue weighted by atomic mass is 9.91. The summed E-state index contributed by atoms with van der Waals surface area (Å²) in [6.07, 6.45) is 5.63. The molecule has 0 atom stereocenters. The van der Waals surface area contributed by atoms with Crippen LogP contribution in [0, 0.1) is 0 Å². The zero-order valence-corrected chi connectivity index (χ0v) is 9.97. The first-order valence-electron chi connectivity index (χ1n) is 6.10. The van der Waals surface area contributed by atoms with E-state index in [4.69, 9.17) is 10.9 Å². The zero-order chi connectivity index (χ0) is 12.1. The smallest absolute Gasteiger partial charge is 0.139 e. The van der Waals surface area contributed by atoms with E-state index in [9.17, 15) is 0 Å². The number of nitrogens with two attached hydrogens (primary N) is 1. The lowest BCUT2D eigenvalue weighted by Crippen LogP contribution is -2.41. The van der Waals surface area contributed by atoms with Crippen molar-refractivity contribution < 1.29 is 5.11 Å². The molecule has 1 aliphatic rings. The Bertz CT molecular complexity index is 337. The molecule has 0 radical (unpaired) electrons. The van der Waals surface area contributed by atoms with Gasteiger partial charge in [0.05, 0.1) is 6.61 Å². The molecule has 0 aromatic carbocycles. The number of nitrogens with one attached hydrogen (secondary N) is 1. The summed E-state index contributed by atoms with van der Waals surface area (Å²) in [6.45, 7) is 1.80. The molecule has 4 N–H and O–H groups in total. The van der Waals surface area contributed by atoms with Crippen LogP contribution in [-0.2, 0) is 6.54 Å². The molecule has 17 heavy (non-hydrogen) atoms. The van der Waals surface area contributed by atoms with Crippen LogP contribution in [0.3, 0.4) is 0 Å². The molecule has 5 nitrogen and oxygen atoms in total. The Morgan fingerprint density at radius 3 is 2.76 bits per heavy atom. The molecule has 1 fully saturated rings. The van der Waals surface area contributed by atoms with Gasteiger partial charge in [0.1, 0.15) is 5.82 Å². The number of aromatic nitrogens is 1. The third-order valence-electron chi connectivity index (χ3n) is 3.34. The molecule has 2 rings (SSSR count). The highest BCUT2D eigenvalue weighted by atomic mass is 16.3. The minimum absolute atomic E-state index is 0.215. The van der Waals surface area contributed by atoms with Crippen molar-refractivity contribution in [3.8, 4) is 0 Å². The fourth-order valence-electron chi connectivity index (χ4n) is 2.11. The Labute approximate surface area is 102 Å². The van der Waals surface area contributed by atoms with Crippen LogP contribution in [0.5, 0.6) is 0 Å². The largest absolute Gasteiger partial charge is 0.395 e. The van der Waals surface area contributed by atoms with Crippen molar-refractivity contribution in [2.75, 3.05) is 18.6 Å². The highest BCUT2D eigenvalue weighted by Crippen LogP contribution is 2.25. The third kappa shape index (κ3) is 3.15. The minimum atomic E-state index is 0.215. The number of aliphatic hydroxyl groups excluding tert-OH is 1. The normalized spacial score (nSPS) is 15.9. The van der Waals surface area contributed by atoms with Gasteiger partial charge in [-0.15, -0.1) is 0 Å². The Balaban J connectivity index is 1.95. The van der Waals surface area contributed by atoms with Crippen molar-refractivity contribution in [2.45, 2.75) is 31.8 Å². The maximum atomic E-state index is 9.08. The minimum Gasteiger partial charge on any atom is -0.395 e. The van der Waals surface area contributed by atoms with Gasteiger partial charge in [0.25, 0.3) is 0 Å². The molecule has 0 bridgehead atoms. The highest BCUT2D eigenvalue weighted by molar-refractivity contribution is 5.33. The van der Waals surface area contributed by atoms with Crippen LogP contribution < -0.4 is 11.3 Å². The van der Waals surface area contributed by atoms with E-state index in [1.165, 1.54) is 19.3 Å². The van der Waals surface area contributed by atoms with E-state index in [0.29, 0.717) is 11.9 Å². The summed E-state index contributed by atoms with van der Waals surface area (Å²) in [4.78, 5) is 6.52. The van der Waals surface area contributed by atoms with Crippen LogP contribution in [0.4, 0.5) is 5.82 Å².